The van der Waals surface area contributed by atoms with Gasteiger partial charge in [-0.2, -0.15) is 0 Å². The zero-order valence-corrected chi connectivity index (χ0v) is 11.5. The molecule has 0 aliphatic carbocycles. The van der Waals surface area contributed by atoms with Crippen LogP contribution < -0.4 is 0 Å². The Morgan fingerprint density at radius 3 is 2.15 bits per heavy atom. The quantitative estimate of drug-likeness (QED) is 0.828. The fraction of sp³-hybridized carbons (Fsp3) is 0.900. The van der Waals surface area contributed by atoms with Crippen LogP contribution in [0.5, 0.6) is 0 Å². The molecule has 76 valence electrons. The van der Waals surface area contributed by atoms with Crippen LogP contribution in [0.25, 0.3) is 0 Å². The van der Waals surface area contributed by atoms with Gasteiger partial charge in [0.05, 0.1) is 5.41 Å². The van der Waals surface area contributed by atoms with Crippen molar-refractivity contribution < 1.29 is 36.1 Å². The molecular weight excluding hydrogens is 243 g/mol. The van der Waals surface area contributed by atoms with Gasteiger partial charge in [-0.1, -0.05) is 20.8 Å². The van der Waals surface area contributed by atoms with Crippen LogP contribution >= 0.6 is 0 Å². The molecule has 13 heavy (non-hydrogen) atoms. The number of aliphatic carboxylic acids is 1. The van der Waals surface area contributed by atoms with Gasteiger partial charge in [0.25, 0.3) is 0 Å². The molecule has 2 nitrogen and oxygen atoms in total. The van der Waals surface area contributed by atoms with E-state index in [0.717, 1.165) is 19.3 Å². The van der Waals surface area contributed by atoms with E-state index < -0.39 is 11.4 Å². The van der Waals surface area contributed by atoms with Crippen molar-refractivity contribution in [1.29, 1.82) is 0 Å². The summed E-state index contributed by atoms with van der Waals surface area (Å²) in [5.74, 6) is -0.0686. The molecule has 0 amide bonds. The zero-order chi connectivity index (χ0) is 9.78. The van der Waals surface area contributed by atoms with Gasteiger partial charge in [0.2, 0.25) is 0 Å². The minimum absolute atomic E-state index is 0. The zero-order valence-electron chi connectivity index (χ0n) is 9.05. The molecule has 0 saturated carbocycles. The average molecular weight is 263 g/mol. The Morgan fingerprint density at radius 2 is 1.92 bits per heavy atom. The maximum Gasteiger partial charge on any atom is 0.309 e. The van der Waals surface area contributed by atoms with Crippen LogP contribution in [0.3, 0.4) is 0 Å². The van der Waals surface area contributed by atoms with Crippen molar-refractivity contribution in [2.24, 2.45) is 11.3 Å². The van der Waals surface area contributed by atoms with Crippen molar-refractivity contribution >= 4 is 5.97 Å². The molecule has 1 atom stereocenters. The topological polar surface area (TPSA) is 37.3 Å². The number of carboxylic acids is 1. The van der Waals surface area contributed by atoms with Crippen molar-refractivity contribution in [3.05, 3.63) is 0 Å². The third-order valence-electron chi connectivity index (χ3n) is 2.57. The van der Waals surface area contributed by atoms with Crippen LogP contribution in [-0.4, -0.2) is 11.1 Å². The first-order valence-electron chi connectivity index (χ1n) is 4.65. The molecule has 0 heterocycles. The normalized spacial score (nSPS) is 14.8. The van der Waals surface area contributed by atoms with E-state index in [4.69, 9.17) is 5.11 Å². The molecule has 1 unspecified atom stereocenters. The van der Waals surface area contributed by atoms with Crippen molar-refractivity contribution in [1.82, 2.24) is 0 Å². The molecule has 0 saturated heterocycles. The first-order chi connectivity index (χ1) is 5.42. The fourth-order valence-electron chi connectivity index (χ4n) is 1.04. The summed E-state index contributed by atoms with van der Waals surface area (Å²) in [4.78, 5) is 10.9. The van der Waals surface area contributed by atoms with Gasteiger partial charge in [-0.3, -0.25) is 4.79 Å². The molecule has 0 aromatic heterocycles. The molecule has 0 fully saturated rings. The third-order valence-corrected chi connectivity index (χ3v) is 2.57. The summed E-state index contributed by atoms with van der Waals surface area (Å²) in [5.41, 5.74) is -0.510. The second-order valence-electron chi connectivity index (χ2n) is 4.15. The summed E-state index contributed by atoms with van der Waals surface area (Å²) in [7, 11) is 0. The SMILES string of the molecule is CCC(C)(CCC(C)C)C(=O)O.[Zr]. The minimum Gasteiger partial charge on any atom is -0.481 e. The number of hydrogen-bond acceptors (Lipinski definition) is 1. The van der Waals surface area contributed by atoms with Gasteiger partial charge < -0.3 is 5.11 Å². The van der Waals surface area contributed by atoms with Gasteiger partial charge in [0.1, 0.15) is 0 Å². The van der Waals surface area contributed by atoms with Gasteiger partial charge in [-0.15, -0.1) is 0 Å². The summed E-state index contributed by atoms with van der Waals surface area (Å²) in [6.45, 7) is 8.02. The van der Waals surface area contributed by atoms with E-state index in [9.17, 15) is 4.79 Å². The Morgan fingerprint density at radius 1 is 1.46 bits per heavy atom. The van der Waals surface area contributed by atoms with E-state index in [1.54, 1.807) is 0 Å². The molecule has 0 spiro atoms. The fourth-order valence-corrected chi connectivity index (χ4v) is 1.04. The van der Waals surface area contributed by atoms with E-state index in [1.807, 2.05) is 13.8 Å². The van der Waals surface area contributed by atoms with Gasteiger partial charge >= 0.3 is 5.97 Å². The summed E-state index contributed by atoms with van der Waals surface area (Å²) < 4.78 is 0. The van der Waals surface area contributed by atoms with Crippen LogP contribution in [0.4, 0.5) is 0 Å². The van der Waals surface area contributed by atoms with Gasteiger partial charge in [-0.05, 0) is 32.1 Å². The molecule has 0 bridgehead atoms. The second kappa shape index (κ2) is 6.75. The Hall–Kier alpha value is 0.353. The predicted molar refractivity (Wildman–Crippen MR) is 50.1 cm³/mol. The van der Waals surface area contributed by atoms with Crippen LogP contribution in [0, 0.1) is 11.3 Å². The smallest absolute Gasteiger partial charge is 0.309 e. The summed E-state index contributed by atoms with van der Waals surface area (Å²) >= 11 is 0. The van der Waals surface area contributed by atoms with Crippen LogP contribution in [0.15, 0.2) is 0 Å². The first-order valence-corrected chi connectivity index (χ1v) is 4.65. The van der Waals surface area contributed by atoms with Gasteiger partial charge in [0.15, 0.2) is 0 Å². The number of carboxylic acid groups (broad SMARTS) is 1. The Kier molecular flexibility index (Phi) is 8.21. The number of rotatable bonds is 5. The molecule has 0 aliphatic heterocycles. The molecule has 1 N–H and O–H groups in total. The summed E-state index contributed by atoms with van der Waals surface area (Å²) in [6.07, 6.45) is 2.50. The van der Waals surface area contributed by atoms with E-state index in [0.29, 0.717) is 5.92 Å². The van der Waals surface area contributed by atoms with E-state index in [1.165, 1.54) is 0 Å². The standard InChI is InChI=1S/C10H20O2.Zr/c1-5-10(4,9(11)12)7-6-8(2)3;/h8H,5-7H2,1-4H3,(H,11,12);. The van der Waals surface area contributed by atoms with Gasteiger partial charge in [0, 0.05) is 26.2 Å². The maximum absolute atomic E-state index is 10.9. The average Bonchev–Trinajstić information content (AvgIpc) is 1.99. The number of carbonyl (C=O) groups is 1. The van der Waals surface area contributed by atoms with Crippen molar-refractivity contribution in [3.8, 4) is 0 Å². The monoisotopic (exact) mass is 262 g/mol. The molecule has 0 radical (unpaired) electrons. The molecule has 0 rings (SSSR count). The number of hydrogen-bond donors (Lipinski definition) is 1. The van der Waals surface area contributed by atoms with Crippen LogP contribution in [0.2, 0.25) is 0 Å². The predicted octanol–water partition coefficient (Wildman–Crippen LogP) is 2.92. The van der Waals surface area contributed by atoms with Crippen molar-refractivity contribution in [3.63, 3.8) is 0 Å². The van der Waals surface area contributed by atoms with Crippen molar-refractivity contribution in [2.45, 2.75) is 47.0 Å². The van der Waals surface area contributed by atoms with Gasteiger partial charge in [-0.25, -0.2) is 0 Å². The first kappa shape index (κ1) is 15.8. The minimum atomic E-state index is -0.661. The Bertz CT molecular complexity index is 157. The van der Waals surface area contributed by atoms with Crippen molar-refractivity contribution in [2.75, 3.05) is 0 Å². The third kappa shape index (κ3) is 5.62. The Labute approximate surface area is 100 Å². The molecular formula is C10H20O2Zr. The molecule has 3 heteroatoms. The maximum atomic E-state index is 10.9. The summed E-state index contributed by atoms with van der Waals surface area (Å²) in [5, 5.41) is 8.95. The van der Waals surface area contributed by atoms with E-state index >= 15 is 0 Å². The molecule has 0 aliphatic rings. The largest absolute Gasteiger partial charge is 0.481 e. The molecule has 0 aromatic carbocycles. The van der Waals surface area contributed by atoms with E-state index in [2.05, 4.69) is 13.8 Å². The second-order valence-corrected chi connectivity index (χ2v) is 4.15. The molecule has 0 aromatic rings. The van der Waals surface area contributed by atoms with E-state index in [-0.39, 0.29) is 26.2 Å². The summed E-state index contributed by atoms with van der Waals surface area (Å²) in [6, 6.07) is 0. The van der Waals surface area contributed by atoms with Crippen LogP contribution in [0.1, 0.15) is 47.0 Å². The Balaban J connectivity index is 0. The van der Waals surface area contributed by atoms with Crippen LogP contribution in [-0.2, 0) is 31.0 Å².